The van der Waals surface area contributed by atoms with Crippen molar-refractivity contribution < 1.29 is 4.79 Å². The monoisotopic (exact) mass is 234 g/mol. The minimum absolute atomic E-state index is 0.0277. The lowest BCUT2D eigenvalue weighted by Crippen LogP contribution is -2.23. The van der Waals surface area contributed by atoms with Crippen LogP contribution in [-0.4, -0.2) is 10.5 Å². The number of fused-ring (bicyclic) bond motifs is 2. The fourth-order valence-corrected chi connectivity index (χ4v) is 2.71. The lowest BCUT2D eigenvalue weighted by atomic mass is 9.95. The van der Waals surface area contributed by atoms with Crippen LogP contribution in [0.1, 0.15) is 11.6 Å². The number of carbonyl (C=O) groups is 1. The molecule has 3 nitrogen and oxygen atoms in total. The topological polar surface area (TPSA) is 34.4 Å². The van der Waals surface area contributed by atoms with Gasteiger partial charge in [0.1, 0.15) is 0 Å². The third-order valence-corrected chi connectivity index (χ3v) is 3.53. The van der Waals surface area contributed by atoms with Crippen LogP contribution < -0.4 is 10.6 Å². The molecule has 0 fully saturated rings. The molecule has 0 spiro atoms. The highest BCUT2D eigenvalue weighted by Crippen LogP contribution is 2.32. The van der Waals surface area contributed by atoms with E-state index in [2.05, 4.69) is 11.1 Å². The SMILES string of the molecule is O=C1N=c2ccccc2=C1C1C=Cn2cccc21. The van der Waals surface area contributed by atoms with Gasteiger partial charge in [0.25, 0.3) is 5.91 Å². The summed E-state index contributed by atoms with van der Waals surface area (Å²) in [4.78, 5) is 16.2. The molecule has 0 saturated heterocycles. The Hall–Kier alpha value is -2.42. The van der Waals surface area contributed by atoms with Crippen molar-refractivity contribution >= 4 is 17.7 Å². The van der Waals surface area contributed by atoms with E-state index in [-0.39, 0.29) is 11.8 Å². The maximum atomic E-state index is 12.1. The maximum absolute atomic E-state index is 12.1. The van der Waals surface area contributed by atoms with Crippen LogP contribution in [0.5, 0.6) is 0 Å². The first kappa shape index (κ1) is 9.59. The fourth-order valence-electron chi connectivity index (χ4n) is 2.71. The van der Waals surface area contributed by atoms with Crippen molar-refractivity contribution in [1.29, 1.82) is 0 Å². The number of hydrogen-bond donors (Lipinski definition) is 0. The van der Waals surface area contributed by atoms with Crippen LogP contribution >= 0.6 is 0 Å². The third kappa shape index (κ3) is 1.13. The van der Waals surface area contributed by atoms with E-state index in [4.69, 9.17) is 0 Å². The Balaban J connectivity index is 2.02. The van der Waals surface area contributed by atoms with E-state index >= 15 is 0 Å². The Morgan fingerprint density at radius 2 is 2.00 bits per heavy atom. The van der Waals surface area contributed by atoms with Gasteiger partial charge in [-0.15, -0.1) is 0 Å². The first-order valence-electron chi connectivity index (χ1n) is 5.92. The van der Waals surface area contributed by atoms with Crippen LogP contribution in [0.3, 0.4) is 0 Å². The van der Waals surface area contributed by atoms with Crippen molar-refractivity contribution in [3.63, 3.8) is 0 Å². The van der Waals surface area contributed by atoms with Gasteiger partial charge in [0, 0.05) is 28.9 Å². The van der Waals surface area contributed by atoms with Gasteiger partial charge in [-0.2, -0.15) is 0 Å². The smallest absolute Gasteiger partial charge is 0.275 e. The van der Waals surface area contributed by atoms with Crippen molar-refractivity contribution in [2.45, 2.75) is 5.92 Å². The summed E-state index contributed by atoms with van der Waals surface area (Å²) in [6.45, 7) is 0. The molecule has 18 heavy (non-hydrogen) atoms. The van der Waals surface area contributed by atoms with E-state index in [9.17, 15) is 4.79 Å². The summed E-state index contributed by atoms with van der Waals surface area (Å²) in [5.41, 5.74) is 1.92. The number of benzene rings is 1. The second kappa shape index (κ2) is 3.29. The summed E-state index contributed by atoms with van der Waals surface area (Å²) in [6, 6.07) is 11.8. The zero-order chi connectivity index (χ0) is 12.1. The molecular formula is C15H10N2O. The Labute approximate surface area is 103 Å². The lowest BCUT2D eigenvalue weighted by Gasteiger charge is -2.08. The molecule has 0 N–H and O–H groups in total. The molecule has 0 bridgehead atoms. The standard InChI is InChI=1S/C15H10N2O/c18-15-14(10-4-1-2-5-12(10)16-15)11-7-9-17-8-3-6-13(11)17/h1-9,11H. The van der Waals surface area contributed by atoms with Crippen LogP contribution in [0.15, 0.2) is 53.7 Å². The minimum Gasteiger partial charge on any atom is -0.327 e. The normalized spacial score (nSPS) is 19.9. The van der Waals surface area contributed by atoms with Gasteiger partial charge in [0.2, 0.25) is 0 Å². The van der Waals surface area contributed by atoms with Crippen LogP contribution in [-0.2, 0) is 4.79 Å². The number of aromatic nitrogens is 1. The van der Waals surface area contributed by atoms with Crippen molar-refractivity contribution in [2.75, 3.05) is 0 Å². The molecule has 86 valence electrons. The van der Waals surface area contributed by atoms with Gasteiger partial charge >= 0.3 is 0 Å². The van der Waals surface area contributed by atoms with Gasteiger partial charge in [-0.3, -0.25) is 4.79 Å². The lowest BCUT2D eigenvalue weighted by molar-refractivity contribution is -0.112. The molecule has 1 unspecified atom stereocenters. The molecular weight excluding hydrogens is 224 g/mol. The molecule has 3 heterocycles. The number of nitrogens with zero attached hydrogens (tertiary/aromatic N) is 2. The average molecular weight is 234 g/mol. The number of carbonyl (C=O) groups excluding carboxylic acids is 1. The summed E-state index contributed by atoms with van der Waals surface area (Å²) in [6.07, 6.45) is 6.05. The number of allylic oxidation sites excluding steroid dienone is 1. The molecule has 2 aliphatic heterocycles. The number of amides is 1. The Bertz CT molecular complexity index is 811. The molecule has 3 heteroatoms. The van der Waals surface area contributed by atoms with E-state index < -0.39 is 0 Å². The van der Waals surface area contributed by atoms with E-state index in [1.165, 1.54) is 0 Å². The number of hydrogen-bond acceptors (Lipinski definition) is 1. The molecule has 1 aromatic heterocycles. The second-order valence-electron chi connectivity index (χ2n) is 4.51. The molecule has 1 amide bonds. The summed E-state index contributed by atoms with van der Waals surface area (Å²) in [5.74, 6) is -0.0830. The second-order valence-corrected chi connectivity index (χ2v) is 4.51. The number of rotatable bonds is 1. The highest BCUT2D eigenvalue weighted by Gasteiger charge is 2.28. The maximum Gasteiger partial charge on any atom is 0.275 e. The van der Waals surface area contributed by atoms with Crippen LogP contribution in [0.25, 0.3) is 11.8 Å². The molecule has 0 aliphatic carbocycles. The summed E-state index contributed by atoms with van der Waals surface area (Å²) in [7, 11) is 0. The van der Waals surface area contributed by atoms with Crippen LogP contribution in [0.2, 0.25) is 0 Å². The first-order chi connectivity index (χ1) is 8.84. The molecule has 4 rings (SSSR count). The zero-order valence-corrected chi connectivity index (χ0v) is 9.58. The molecule has 1 atom stereocenters. The van der Waals surface area contributed by atoms with Crippen molar-refractivity contribution in [3.8, 4) is 0 Å². The molecule has 2 aromatic rings. The zero-order valence-electron chi connectivity index (χ0n) is 9.58. The quantitative estimate of drug-likeness (QED) is 0.726. The van der Waals surface area contributed by atoms with Crippen LogP contribution in [0.4, 0.5) is 0 Å². The van der Waals surface area contributed by atoms with E-state index in [1.54, 1.807) is 0 Å². The summed E-state index contributed by atoms with van der Waals surface area (Å²) < 4.78 is 2.05. The van der Waals surface area contributed by atoms with Crippen molar-refractivity contribution in [1.82, 2.24) is 4.57 Å². The molecule has 0 saturated carbocycles. The van der Waals surface area contributed by atoms with Gasteiger partial charge in [0.15, 0.2) is 0 Å². The Kier molecular flexibility index (Phi) is 1.75. The highest BCUT2D eigenvalue weighted by molar-refractivity contribution is 6.17. The van der Waals surface area contributed by atoms with E-state index in [0.717, 1.165) is 21.8 Å². The Morgan fingerprint density at radius 1 is 1.11 bits per heavy atom. The summed E-state index contributed by atoms with van der Waals surface area (Å²) >= 11 is 0. The molecule has 1 aromatic carbocycles. The van der Waals surface area contributed by atoms with Gasteiger partial charge in [-0.1, -0.05) is 24.3 Å². The minimum atomic E-state index is -0.111. The third-order valence-electron chi connectivity index (χ3n) is 3.53. The molecule has 2 aliphatic rings. The van der Waals surface area contributed by atoms with Gasteiger partial charge in [0.05, 0.1) is 11.3 Å². The number of para-hydroxylation sites is 1. The van der Waals surface area contributed by atoms with Gasteiger partial charge < -0.3 is 4.57 Å². The van der Waals surface area contributed by atoms with E-state index in [0.29, 0.717) is 0 Å². The fraction of sp³-hybridized carbons (Fsp3) is 0.0667. The van der Waals surface area contributed by atoms with Crippen molar-refractivity contribution in [2.24, 2.45) is 4.99 Å². The predicted molar refractivity (Wildman–Crippen MR) is 68.1 cm³/mol. The van der Waals surface area contributed by atoms with Gasteiger partial charge in [-0.05, 0) is 18.2 Å². The van der Waals surface area contributed by atoms with Gasteiger partial charge in [-0.25, -0.2) is 4.99 Å². The van der Waals surface area contributed by atoms with Crippen LogP contribution in [0, 0.1) is 0 Å². The largest absolute Gasteiger partial charge is 0.327 e. The highest BCUT2D eigenvalue weighted by atomic mass is 16.1. The first-order valence-corrected chi connectivity index (χ1v) is 5.92. The summed E-state index contributed by atoms with van der Waals surface area (Å²) in [5, 5.41) is 1.75. The average Bonchev–Trinajstić information content (AvgIpc) is 3.01. The van der Waals surface area contributed by atoms with Crippen molar-refractivity contribution in [3.05, 3.63) is 64.9 Å². The Morgan fingerprint density at radius 3 is 2.94 bits per heavy atom. The molecule has 0 radical (unpaired) electrons. The predicted octanol–water partition coefficient (Wildman–Crippen LogP) is 1.07. The van der Waals surface area contributed by atoms with E-state index in [1.807, 2.05) is 53.4 Å².